The summed E-state index contributed by atoms with van der Waals surface area (Å²) in [5, 5.41) is 0.865. The Balaban J connectivity index is 2.21. The summed E-state index contributed by atoms with van der Waals surface area (Å²) in [5.74, 6) is 0.408. The smallest absolute Gasteiger partial charge is 0.222 e. The molecule has 5 nitrogen and oxygen atoms in total. The molecule has 0 atom stereocenters. The third kappa shape index (κ3) is 3.74. The van der Waals surface area contributed by atoms with E-state index < -0.39 is 0 Å². The van der Waals surface area contributed by atoms with Crippen molar-refractivity contribution in [2.45, 2.75) is 36.6 Å². The molecule has 0 aliphatic rings. The number of nitrogens with two attached hydrogens (primary N) is 1. The number of amides is 1. The molecule has 0 saturated heterocycles. The summed E-state index contributed by atoms with van der Waals surface area (Å²) in [6.07, 6.45) is 0.242. The Morgan fingerprint density at radius 1 is 1.32 bits per heavy atom. The highest BCUT2D eigenvalue weighted by Crippen LogP contribution is 2.32. The van der Waals surface area contributed by atoms with Crippen LogP contribution in [0.4, 0.5) is 0 Å². The first kappa shape index (κ1) is 14.0. The molecule has 0 saturated carbocycles. The van der Waals surface area contributed by atoms with Gasteiger partial charge >= 0.3 is 0 Å². The Morgan fingerprint density at radius 2 is 2.05 bits per heavy atom. The van der Waals surface area contributed by atoms with Crippen LogP contribution < -0.4 is 5.73 Å². The summed E-state index contributed by atoms with van der Waals surface area (Å²) in [4.78, 5) is 24.9. The highest BCUT2D eigenvalue weighted by atomic mass is 32.2. The molecule has 2 aromatic rings. The summed E-state index contributed by atoms with van der Waals surface area (Å²) in [7, 11) is 0. The summed E-state index contributed by atoms with van der Waals surface area (Å²) < 4.78 is 0.867. The molecule has 0 fully saturated rings. The summed E-state index contributed by atoms with van der Waals surface area (Å²) >= 11 is 2.97. The highest BCUT2D eigenvalue weighted by molar-refractivity contribution is 8.01. The van der Waals surface area contributed by atoms with Gasteiger partial charge in [-0.05, 0) is 38.6 Å². The van der Waals surface area contributed by atoms with Crippen LogP contribution >= 0.6 is 23.1 Å². The Hall–Kier alpha value is -1.47. The van der Waals surface area contributed by atoms with E-state index in [1.165, 1.54) is 23.1 Å². The molecule has 1 amide bonds. The summed E-state index contributed by atoms with van der Waals surface area (Å²) in [6.45, 7) is 5.68. The lowest BCUT2D eigenvalue weighted by molar-refractivity contribution is -0.117. The van der Waals surface area contributed by atoms with E-state index in [4.69, 9.17) is 5.73 Å². The number of rotatable bonds is 4. The van der Waals surface area contributed by atoms with Gasteiger partial charge in [0.1, 0.15) is 10.9 Å². The van der Waals surface area contributed by atoms with E-state index in [2.05, 4.69) is 15.0 Å². The maximum absolute atomic E-state index is 11.0. The molecule has 19 heavy (non-hydrogen) atoms. The van der Waals surface area contributed by atoms with Gasteiger partial charge in [-0.2, -0.15) is 0 Å². The fourth-order valence-corrected chi connectivity index (χ4v) is 3.89. The van der Waals surface area contributed by atoms with Crippen LogP contribution in [0.3, 0.4) is 0 Å². The number of aryl methyl sites for hydroxylation is 3. The van der Waals surface area contributed by atoms with E-state index in [-0.39, 0.29) is 12.3 Å². The van der Waals surface area contributed by atoms with Crippen molar-refractivity contribution in [3.8, 4) is 0 Å². The minimum Gasteiger partial charge on any atom is -0.369 e. The van der Waals surface area contributed by atoms with Gasteiger partial charge in [-0.15, -0.1) is 11.3 Å². The largest absolute Gasteiger partial charge is 0.369 e. The molecule has 0 unspecified atom stereocenters. The topological polar surface area (TPSA) is 81.8 Å². The van der Waals surface area contributed by atoms with Gasteiger partial charge in [-0.25, -0.2) is 15.0 Å². The van der Waals surface area contributed by atoms with E-state index in [1.54, 1.807) is 0 Å². The third-order valence-electron chi connectivity index (χ3n) is 2.34. The molecule has 0 spiro atoms. The molecule has 7 heteroatoms. The van der Waals surface area contributed by atoms with Gasteiger partial charge in [0, 0.05) is 10.6 Å². The minimum atomic E-state index is -0.336. The zero-order valence-corrected chi connectivity index (χ0v) is 12.6. The SMILES string of the molecule is Cc1cc(Sc2nc(C)c(CC(N)=O)s2)nc(C)n1. The zero-order chi connectivity index (χ0) is 14.0. The van der Waals surface area contributed by atoms with Crippen LogP contribution in [0.15, 0.2) is 15.4 Å². The van der Waals surface area contributed by atoms with Gasteiger partial charge in [0.2, 0.25) is 5.91 Å². The monoisotopic (exact) mass is 294 g/mol. The first-order valence-electron chi connectivity index (χ1n) is 5.69. The second-order valence-electron chi connectivity index (χ2n) is 4.13. The molecule has 0 aliphatic carbocycles. The van der Waals surface area contributed by atoms with Gasteiger partial charge in [0.05, 0.1) is 12.1 Å². The third-order valence-corrected chi connectivity index (χ3v) is 4.48. The fraction of sp³-hybridized carbons (Fsp3) is 0.333. The van der Waals surface area contributed by atoms with Crippen molar-refractivity contribution >= 4 is 29.0 Å². The van der Waals surface area contributed by atoms with E-state index in [9.17, 15) is 4.79 Å². The van der Waals surface area contributed by atoms with Gasteiger partial charge in [0.15, 0.2) is 4.34 Å². The lowest BCUT2D eigenvalue weighted by atomic mass is 10.3. The van der Waals surface area contributed by atoms with Gasteiger partial charge in [-0.1, -0.05) is 0 Å². The van der Waals surface area contributed by atoms with E-state index >= 15 is 0 Å². The van der Waals surface area contributed by atoms with Crippen molar-refractivity contribution < 1.29 is 4.79 Å². The Labute approximate surface area is 119 Å². The number of primary amides is 1. The van der Waals surface area contributed by atoms with Crippen LogP contribution in [0.1, 0.15) is 22.1 Å². The molecule has 0 aliphatic heterocycles. The molecule has 2 N–H and O–H groups in total. The average molecular weight is 294 g/mol. The van der Waals surface area contributed by atoms with Crippen molar-refractivity contribution in [1.29, 1.82) is 0 Å². The Kier molecular flexibility index (Phi) is 4.16. The average Bonchev–Trinajstić information content (AvgIpc) is 2.56. The van der Waals surface area contributed by atoms with Crippen molar-refractivity contribution in [2.75, 3.05) is 0 Å². The zero-order valence-electron chi connectivity index (χ0n) is 10.9. The lowest BCUT2D eigenvalue weighted by Crippen LogP contribution is -2.13. The standard InChI is InChI=1S/C12H14N4OS2/c1-6-4-11(16-8(3)14-6)19-12-15-7(2)9(18-12)5-10(13)17/h4H,5H2,1-3H3,(H2,13,17). The summed E-state index contributed by atoms with van der Waals surface area (Å²) in [6, 6.07) is 1.92. The lowest BCUT2D eigenvalue weighted by Gasteiger charge is -2.00. The van der Waals surface area contributed by atoms with Crippen LogP contribution in [0.25, 0.3) is 0 Å². The Morgan fingerprint density at radius 3 is 2.68 bits per heavy atom. The van der Waals surface area contributed by atoms with Crippen molar-refractivity contribution in [3.63, 3.8) is 0 Å². The van der Waals surface area contributed by atoms with Crippen molar-refractivity contribution in [1.82, 2.24) is 15.0 Å². The highest BCUT2D eigenvalue weighted by Gasteiger charge is 2.12. The van der Waals surface area contributed by atoms with Crippen LogP contribution in [-0.4, -0.2) is 20.9 Å². The molecule has 2 heterocycles. The number of carbonyl (C=O) groups is 1. The normalized spacial score (nSPS) is 10.7. The number of aromatic nitrogens is 3. The van der Waals surface area contributed by atoms with Gasteiger partial charge < -0.3 is 5.73 Å². The molecule has 0 aromatic carbocycles. The van der Waals surface area contributed by atoms with Crippen LogP contribution in [0.2, 0.25) is 0 Å². The fourth-order valence-electron chi connectivity index (χ4n) is 1.59. The van der Waals surface area contributed by atoms with Crippen molar-refractivity contribution in [3.05, 3.63) is 28.2 Å². The maximum Gasteiger partial charge on any atom is 0.222 e. The van der Waals surface area contributed by atoms with Crippen LogP contribution in [0, 0.1) is 20.8 Å². The molecule has 2 aromatic heterocycles. The van der Waals surface area contributed by atoms with Gasteiger partial charge in [0.25, 0.3) is 0 Å². The number of hydrogen-bond acceptors (Lipinski definition) is 6. The molecule has 0 bridgehead atoms. The van der Waals surface area contributed by atoms with Crippen LogP contribution in [-0.2, 0) is 11.2 Å². The maximum atomic E-state index is 11.0. The molecular weight excluding hydrogens is 280 g/mol. The number of hydrogen-bond donors (Lipinski definition) is 1. The van der Waals surface area contributed by atoms with E-state index in [0.29, 0.717) is 0 Å². The van der Waals surface area contributed by atoms with E-state index in [1.807, 2.05) is 26.8 Å². The minimum absolute atomic E-state index is 0.242. The predicted octanol–water partition coefficient (Wildman–Crippen LogP) is 2.04. The van der Waals surface area contributed by atoms with Crippen molar-refractivity contribution in [2.24, 2.45) is 5.73 Å². The molecule has 100 valence electrons. The molecule has 0 radical (unpaired) electrons. The van der Waals surface area contributed by atoms with E-state index in [0.717, 1.165) is 31.5 Å². The van der Waals surface area contributed by atoms with Gasteiger partial charge in [-0.3, -0.25) is 4.79 Å². The Bertz CT molecular complexity index is 604. The number of carbonyl (C=O) groups excluding carboxylic acids is 1. The quantitative estimate of drug-likeness (QED) is 0.873. The second-order valence-corrected chi connectivity index (χ2v) is 6.48. The second kappa shape index (κ2) is 5.66. The number of thiazole rings is 1. The van der Waals surface area contributed by atoms with Crippen LogP contribution in [0.5, 0.6) is 0 Å². The molecular formula is C12H14N4OS2. The number of nitrogens with zero attached hydrogens (tertiary/aromatic N) is 3. The molecule has 2 rings (SSSR count). The summed E-state index contributed by atoms with van der Waals surface area (Å²) in [5.41, 5.74) is 6.99. The first-order chi connectivity index (χ1) is 8.94. The predicted molar refractivity (Wildman–Crippen MR) is 75.4 cm³/mol. The first-order valence-corrected chi connectivity index (χ1v) is 7.32.